The number of hydrogen-bond acceptors (Lipinski definition) is 3. The van der Waals surface area contributed by atoms with E-state index in [1.165, 1.54) is 30.3 Å². The number of benzene rings is 2. The van der Waals surface area contributed by atoms with Gasteiger partial charge in [-0.1, -0.05) is 23.7 Å². The molecule has 0 unspecified atom stereocenters. The number of nitrogen functional groups attached to an aromatic ring is 1. The van der Waals surface area contributed by atoms with E-state index in [9.17, 15) is 21.6 Å². The molecule has 0 saturated heterocycles. The average Bonchev–Trinajstić information content (AvgIpc) is 3.22. The second kappa shape index (κ2) is 6.14. The first-order valence-electron chi connectivity index (χ1n) is 7.72. The monoisotopic (exact) mass is 404 g/mol. The van der Waals surface area contributed by atoms with Gasteiger partial charge in [0.05, 0.1) is 15.5 Å². The van der Waals surface area contributed by atoms with Crippen LogP contribution in [0.1, 0.15) is 25.3 Å². The van der Waals surface area contributed by atoms with E-state index in [-0.39, 0.29) is 26.7 Å². The fourth-order valence-corrected chi connectivity index (χ4v) is 4.42. The number of nitrogens with two attached hydrogens (primary N) is 1. The van der Waals surface area contributed by atoms with Crippen molar-refractivity contribution < 1.29 is 21.6 Å². The van der Waals surface area contributed by atoms with Crippen LogP contribution in [0.2, 0.25) is 5.02 Å². The third-order valence-electron chi connectivity index (χ3n) is 4.25. The lowest BCUT2D eigenvalue weighted by Crippen LogP contribution is -2.34. The number of nitrogens with one attached hydrogen (secondary N) is 1. The van der Waals surface area contributed by atoms with Crippen molar-refractivity contribution in [3.63, 3.8) is 0 Å². The zero-order valence-electron chi connectivity index (χ0n) is 13.7. The van der Waals surface area contributed by atoms with Crippen LogP contribution in [-0.2, 0) is 16.2 Å². The molecule has 1 aliphatic rings. The van der Waals surface area contributed by atoms with Crippen LogP contribution in [0.25, 0.3) is 11.1 Å². The molecule has 0 amide bonds. The number of rotatable bonds is 4. The van der Waals surface area contributed by atoms with Gasteiger partial charge in [0, 0.05) is 16.8 Å². The molecule has 2 aromatic carbocycles. The van der Waals surface area contributed by atoms with Gasteiger partial charge < -0.3 is 5.73 Å². The Morgan fingerprint density at radius 3 is 2.23 bits per heavy atom. The van der Waals surface area contributed by atoms with Crippen LogP contribution in [0.15, 0.2) is 41.3 Å². The molecule has 0 bridgehead atoms. The molecule has 3 N–H and O–H groups in total. The predicted molar refractivity (Wildman–Crippen MR) is 94.3 cm³/mol. The Morgan fingerprint density at radius 1 is 1.15 bits per heavy atom. The summed E-state index contributed by atoms with van der Waals surface area (Å²) < 4.78 is 67.3. The summed E-state index contributed by atoms with van der Waals surface area (Å²) in [6, 6.07) is 7.16. The lowest BCUT2D eigenvalue weighted by Gasteiger charge is -2.16. The van der Waals surface area contributed by atoms with E-state index < -0.39 is 27.3 Å². The van der Waals surface area contributed by atoms with Crippen molar-refractivity contribution in [2.75, 3.05) is 5.73 Å². The Bertz CT molecular complexity index is 953. The Labute approximate surface area is 154 Å². The quantitative estimate of drug-likeness (QED) is 0.740. The molecule has 2 aromatic rings. The van der Waals surface area contributed by atoms with Crippen LogP contribution < -0.4 is 10.5 Å². The van der Waals surface area contributed by atoms with Gasteiger partial charge in [-0.05, 0) is 49.6 Å². The Morgan fingerprint density at radius 2 is 1.73 bits per heavy atom. The minimum Gasteiger partial charge on any atom is -0.399 e. The van der Waals surface area contributed by atoms with Crippen LogP contribution in [0, 0.1) is 0 Å². The normalized spacial score (nSPS) is 16.5. The number of anilines is 1. The molecule has 26 heavy (non-hydrogen) atoms. The topological polar surface area (TPSA) is 72.2 Å². The molecule has 0 atom stereocenters. The van der Waals surface area contributed by atoms with Gasteiger partial charge >= 0.3 is 6.18 Å². The van der Waals surface area contributed by atoms with Crippen molar-refractivity contribution >= 4 is 27.3 Å². The van der Waals surface area contributed by atoms with Crippen molar-refractivity contribution in [2.24, 2.45) is 0 Å². The van der Waals surface area contributed by atoms with Crippen LogP contribution in [0.4, 0.5) is 18.9 Å². The van der Waals surface area contributed by atoms with E-state index in [4.69, 9.17) is 17.3 Å². The van der Waals surface area contributed by atoms with Gasteiger partial charge in [-0.2, -0.15) is 13.2 Å². The summed E-state index contributed by atoms with van der Waals surface area (Å²) in [4.78, 5) is -0.0190. The summed E-state index contributed by atoms with van der Waals surface area (Å²) in [5, 5.41) is -0.156. The largest absolute Gasteiger partial charge is 0.417 e. The number of sulfonamides is 1. The van der Waals surface area contributed by atoms with Gasteiger partial charge in [-0.3, -0.25) is 0 Å². The van der Waals surface area contributed by atoms with Gasteiger partial charge in [0.2, 0.25) is 10.0 Å². The minimum atomic E-state index is -4.65. The van der Waals surface area contributed by atoms with Gasteiger partial charge in [-0.15, -0.1) is 0 Å². The molecule has 0 spiro atoms. The van der Waals surface area contributed by atoms with Crippen LogP contribution in [0.5, 0.6) is 0 Å². The van der Waals surface area contributed by atoms with Crippen LogP contribution in [-0.4, -0.2) is 14.0 Å². The Kier molecular flexibility index (Phi) is 4.49. The summed E-state index contributed by atoms with van der Waals surface area (Å²) in [5.74, 6) is 0. The van der Waals surface area contributed by atoms with E-state index in [0.717, 1.165) is 18.9 Å². The predicted octanol–water partition coefficient (Wildman–Crippen LogP) is 4.44. The molecule has 1 aliphatic carbocycles. The maximum Gasteiger partial charge on any atom is 0.417 e. The standard InChI is InChI=1S/C17H16ClF3N2O2S/c1-16(6-7-16)23-26(24,25)12-4-2-10(3-5-12)15-13(17(19,20)21)8-11(22)9-14(15)18/h2-5,8-9,23H,6-7,22H2,1H3. The Hall–Kier alpha value is -1.77. The smallest absolute Gasteiger partial charge is 0.399 e. The first kappa shape index (κ1) is 19.0. The highest BCUT2D eigenvalue weighted by molar-refractivity contribution is 7.89. The molecule has 0 aromatic heterocycles. The number of alkyl halides is 3. The third-order valence-corrected chi connectivity index (χ3v) is 6.20. The van der Waals surface area contributed by atoms with E-state index in [2.05, 4.69) is 4.72 Å². The fourth-order valence-electron chi connectivity index (χ4n) is 2.62. The number of hydrogen-bond donors (Lipinski definition) is 2. The average molecular weight is 405 g/mol. The molecule has 0 aliphatic heterocycles. The molecule has 9 heteroatoms. The van der Waals surface area contributed by atoms with Crippen molar-refractivity contribution in [1.82, 2.24) is 4.72 Å². The SMILES string of the molecule is CC1(NS(=O)(=O)c2ccc(-c3c(Cl)cc(N)cc3C(F)(F)F)cc2)CC1. The first-order chi connectivity index (χ1) is 11.9. The molecule has 3 rings (SSSR count). The van der Waals surface area contributed by atoms with E-state index >= 15 is 0 Å². The maximum atomic E-state index is 13.3. The summed E-state index contributed by atoms with van der Waals surface area (Å²) in [6.45, 7) is 1.79. The molecular weight excluding hydrogens is 389 g/mol. The lowest BCUT2D eigenvalue weighted by molar-refractivity contribution is -0.137. The van der Waals surface area contributed by atoms with Crippen molar-refractivity contribution in [3.8, 4) is 11.1 Å². The molecule has 0 radical (unpaired) electrons. The van der Waals surface area contributed by atoms with Gasteiger partial charge in [0.15, 0.2) is 0 Å². The summed E-state index contributed by atoms with van der Waals surface area (Å²) >= 11 is 5.99. The minimum absolute atomic E-state index is 0.0190. The molecule has 4 nitrogen and oxygen atoms in total. The van der Waals surface area contributed by atoms with Gasteiger partial charge in [0.25, 0.3) is 0 Å². The Balaban J connectivity index is 2.02. The maximum absolute atomic E-state index is 13.3. The van der Waals surface area contributed by atoms with Gasteiger partial charge in [-0.25, -0.2) is 13.1 Å². The fraction of sp³-hybridized carbons (Fsp3) is 0.294. The van der Waals surface area contributed by atoms with E-state index in [1.54, 1.807) is 6.92 Å². The molecule has 1 saturated carbocycles. The second-order valence-electron chi connectivity index (χ2n) is 6.61. The molecule has 140 valence electrons. The highest BCUT2D eigenvalue weighted by atomic mass is 35.5. The van der Waals surface area contributed by atoms with Crippen molar-refractivity contribution in [1.29, 1.82) is 0 Å². The summed E-state index contributed by atoms with van der Waals surface area (Å²) in [6.07, 6.45) is -3.15. The highest BCUT2D eigenvalue weighted by Crippen LogP contribution is 2.42. The molecule has 0 heterocycles. The van der Waals surface area contributed by atoms with E-state index in [0.29, 0.717) is 0 Å². The second-order valence-corrected chi connectivity index (χ2v) is 8.70. The number of halogens is 4. The van der Waals surface area contributed by atoms with Gasteiger partial charge in [0.1, 0.15) is 0 Å². The molecular formula is C17H16ClF3N2O2S. The van der Waals surface area contributed by atoms with Crippen molar-refractivity contribution in [3.05, 3.63) is 47.0 Å². The summed E-state index contributed by atoms with van der Waals surface area (Å²) in [5.41, 5.74) is 3.87. The third kappa shape index (κ3) is 3.82. The molecule has 1 fully saturated rings. The van der Waals surface area contributed by atoms with Crippen molar-refractivity contribution in [2.45, 2.75) is 36.4 Å². The van der Waals surface area contributed by atoms with Crippen LogP contribution >= 0.6 is 11.6 Å². The first-order valence-corrected chi connectivity index (χ1v) is 9.58. The summed E-state index contributed by atoms with van der Waals surface area (Å²) in [7, 11) is -3.74. The highest BCUT2D eigenvalue weighted by Gasteiger charge is 2.41. The zero-order valence-corrected chi connectivity index (χ0v) is 15.3. The van der Waals surface area contributed by atoms with Crippen LogP contribution in [0.3, 0.4) is 0 Å². The lowest BCUT2D eigenvalue weighted by atomic mass is 9.98. The van der Waals surface area contributed by atoms with E-state index in [1.807, 2.05) is 0 Å². The zero-order chi connectivity index (χ0) is 19.3.